The summed E-state index contributed by atoms with van der Waals surface area (Å²) in [6, 6.07) is 2.44. The predicted molar refractivity (Wildman–Crippen MR) is 72.3 cm³/mol. The van der Waals surface area contributed by atoms with Crippen LogP contribution in [-0.2, 0) is 11.3 Å². The molecule has 0 bridgehead atoms. The molecule has 0 aliphatic carbocycles. The number of aromatic nitrogens is 3. The molecule has 2 aromatic rings. The molecule has 1 saturated heterocycles. The van der Waals surface area contributed by atoms with Gasteiger partial charge in [-0.25, -0.2) is 9.97 Å². The molecule has 0 radical (unpaired) electrons. The zero-order valence-electron chi connectivity index (χ0n) is 10.2. The SMILES string of the molecule is C[C@@H]1COCCN1Cc1nc2ncc(Br)cc2[nH]1. The first kappa shape index (κ1) is 12.1. The van der Waals surface area contributed by atoms with Crippen molar-refractivity contribution in [2.24, 2.45) is 0 Å². The number of nitrogens with one attached hydrogen (secondary N) is 1. The molecule has 96 valence electrons. The molecule has 18 heavy (non-hydrogen) atoms. The van der Waals surface area contributed by atoms with Crippen molar-refractivity contribution in [3.8, 4) is 0 Å². The van der Waals surface area contributed by atoms with E-state index in [2.05, 4.69) is 42.7 Å². The molecular weight excluding hydrogens is 296 g/mol. The quantitative estimate of drug-likeness (QED) is 0.921. The van der Waals surface area contributed by atoms with Crippen molar-refractivity contribution >= 4 is 27.1 Å². The molecule has 0 aromatic carbocycles. The molecule has 1 aliphatic heterocycles. The number of pyridine rings is 1. The van der Waals surface area contributed by atoms with E-state index in [1.807, 2.05) is 6.07 Å². The van der Waals surface area contributed by atoms with Gasteiger partial charge in [-0.3, -0.25) is 4.90 Å². The van der Waals surface area contributed by atoms with E-state index in [4.69, 9.17) is 4.74 Å². The van der Waals surface area contributed by atoms with E-state index in [0.29, 0.717) is 6.04 Å². The third-order valence-electron chi connectivity index (χ3n) is 3.21. The maximum Gasteiger partial charge on any atom is 0.177 e. The molecule has 5 nitrogen and oxygen atoms in total. The van der Waals surface area contributed by atoms with Crippen molar-refractivity contribution in [1.29, 1.82) is 0 Å². The summed E-state index contributed by atoms with van der Waals surface area (Å²) in [5.74, 6) is 0.962. The van der Waals surface area contributed by atoms with E-state index in [-0.39, 0.29) is 0 Å². The molecule has 0 amide bonds. The average molecular weight is 311 g/mol. The largest absolute Gasteiger partial charge is 0.379 e. The average Bonchev–Trinajstić information content (AvgIpc) is 2.73. The normalized spacial score (nSPS) is 21.6. The van der Waals surface area contributed by atoms with E-state index in [0.717, 1.165) is 47.8 Å². The number of hydrogen-bond acceptors (Lipinski definition) is 4. The van der Waals surface area contributed by atoms with Gasteiger partial charge in [0.2, 0.25) is 0 Å². The third kappa shape index (κ3) is 2.41. The minimum absolute atomic E-state index is 0.437. The number of rotatable bonds is 2. The minimum atomic E-state index is 0.437. The number of aromatic amines is 1. The number of fused-ring (bicyclic) bond motifs is 1. The van der Waals surface area contributed by atoms with Gasteiger partial charge in [-0.1, -0.05) is 0 Å². The van der Waals surface area contributed by atoms with Crippen molar-refractivity contribution in [2.75, 3.05) is 19.8 Å². The van der Waals surface area contributed by atoms with Crippen LogP contribution in [0.2, 0.25) is 0 Å². The molecule has 1 aliphatic rings. The molecule has 1 fully saturated rings. The second kappa shape index (κ2) is 4.95. The summed E-state index contributed by atoms with van der Waals surface area (Å²) in [5, 5.41) is 0. The van der Waals surface area contributed by atoms with Crippen molar-refractivity contribution < 1.29 is 4.74 Å². The lowest BCUT2D eigenvalue weighted by atomic mass is 10.2. The van der Waals surface area contributed by atoms with Crippen molar-refractivity contribution in [2.45, 2.75) is 19.5 Å². The number of H-pyrrole nitrogens is 1. The van der Waals surface area contributed by atoms with E-state index in [1.54, 1.807) is 6.20 Å². The zero-order valence-corrected chi connectivity index (χ0v) is 11.8. The zero-order chi connectivity index (χ0) is 12.5. The maximum absolute atomic E-state index is 5.43. The second-order valence-electron chi connectivity index (χ2n) is 4.60. The van der Waals surface area contributed by atoms with Gasteiger partial charge >= 0.3 is 0 Å². The number of ether oxygens (including phenoxy) is 1. The van der Waals surface area contributed by atoms with Gasteiger partial charge < -0.3 is 9.72 Å². The van der Waals surface area contributed by atoms with Crippen LogP contribution >= 0.6 is 15.9 Å². The summed E-state index contributed by atoms with van der Waals surface area (Å²) in [7, 11) is 0. The third-order valence-corrected chi connectivity index (χ3v) is 3.64. The van der Waals surface area contributed by atoms with Gasteiger partial charge in [0.05, 0.1) is 25.3 Å². The Bertz CT molecular complexity index is 556. The number of hydrogen-bond donors (Lipinski definition) is 1. The van der Waals surface area contributed by atoms with Gasteiger partial charge in [-0.05, 0) is 28.9 Å². The van der Waals surface area contributed by atoms with E-state index in [9.17, 15) is 0 Å². The highest BCUT2D eigenvalue weighted by molar-refractivity contribution is 9.10. The van der Waals surface area contributed by atoms with Crippen LogP contribution in [0.4, 0.5) is 0 Å². The van der Waals surface area contributed by atoms with E-state index in [1.165, 1.54) is 0 Å². The van der Waals surface area contributed by atoms with Gasteiger partial charge in [0.1, 0.15) is 5.82 Å². The Morgan fingerprint density at radius 3 is 3.33 bits per heavy atom. The fourth-order valence-electron chi connectivity index (χ4n) is 2.19. The van der Waals surface area contributed by atoms with Crippen molar-refractivity contribution in [3.05, 3.63) is 22.6 Å². The van der Waals surface area contributed by atoms with Gasteiger partial charge in [0.15, 0.2) is 5.65 Å². The molecule has 6 heteroatoms. The Hall–Kier alpha value is -0.980. The van der Waals surface area contributed by atoms with E-state index < -0.39 is 0 Å². The highest BCUT2D eigenvalue weighted by Gasteiger charge is 2.20. The monoisotopic (exact) mass is 310 g/mol. The summed E-state index contributed by atoms with van der Waals surface area (Å²) in [6.07, 6.45) is 1.77. The summed E-state index contributed by atoms with van der Waals surface area (Å²) in [4.78, 5) is 14.5. The molecule has 1 atom stereocenters. The molecule has 3 heterocycles. The topological polar surface area (TPSA) is 54.0 Å². The summed E-state index contributed by atoms with van der Waals surface area (Å²) in [6.45, 7) is 5.54. The Morgan fingerprint density at radius 1 is 1.61 bits per heavy atom. The first-order valence-corrected chi connectivity index (χ1v) is 6.83. The Balaban J connectivity index is 1.81. The molecule has 0 unspecified atom stereocenters. The van der Waals surface area contributed by atoms with Crippen molar-refractivity contribution in [3.63, 3.8) is 0 Å². The van der Waals surface area contributed by atoms with Crippen LogP contribution in [0.5, 0.6) is 0 Å². The molecule has 0 saturated carbocycles. The molecule has 1 N–H and O–H groups in total. The van der Waals surface area contributed by atoms with E-state index >= 15 is 0 Å². The highest BCUT2D eigenvalue weighted by atomic mass is 79.9. The van der Waals surface area contributed by atoms with Gasteiger partial charge in [-0.15, -0.1) is 0 Å². The Kier molecular flexibility index (Phi) is 3.32. The van der Waals surface area contributed by atoms with Crippen LogP contribution < -0.4 is 0 Å². The van der Waals surface area contributed by atoms with Gasteiger partial charge in [-0.2, -0.15) is 0 Å². The fraction of sp³-hybridized carbons (Fsp3) is 0.500. The predicted octanol–water partition coefficient (Wildman–Crippen LogP) is 1.94. The van der Waals surface area contributed by atoms with Crippen LogP contribution in [0, 0.1) is 0 Å². The van der Waals surface area contributed by atoms with Crippen LogP contribution in [0.25, 0.3) is 11.2 Å². The lowest BCUT2D eigenvalue weighted by Crippen LogP contribution is -2.43. The van der Waals surface area contributed by atoms with Gasteiger partial charge in [0.25, 0.3) is 0 Å². The maximum atomic E-state index is 5.43. The molecule has 2 aromatic heterocycles. The standard InChI is InChI=1S/C12H15BrN4O/c1-8-7-18-3-2-17(8)6-11-15-10-4-9(13)5-14-12(10)16-11/h4-5,8H,2-3,6-7H2,1H3,(H,14,15,16)/t8-/m1/s1. The highest BCUT2D eigenvalue weighted by Crippen LogP contribution is 2.17. The lowest BCUT2D eigenvalue weighted by Gasteiger charge is -2.32. The lowest BCUT2D eigenvalue weighted by molar-refractivity contribution is -0.00535. The smallest absolute Gasteiger partial charge is 0.177 e. The number of imidazole rings is 1. The minimum Gasteiger partial charge on any atom is -0.379 e. The number of halogens is 1. The Morgan fingerprint density at radius 2 is 2.50 bits per heavy atom. The molecule has 0 spiro atoms. The number of morpholine rings is 1. The summed E-state index contributed by atoms with van der Waals surface area (Å²) in [5.41, 5.74) is 1.74. The summed E-state index contributed by atoms with van der Waals surface area (Å²) >= 11 is 3.41. The van der Waals surface area contributed by atoms with Crippen LogP contribution in [0.1, 0.15) is 12.7 Å². The van der Waals surface area contributed by atoms with Crippen LogP contribution in [-0.4, -0.2) is 45.7 Å². The van der Waals surface area contributed by atoms with Crippen molar-refractivity contribution in [1.82, 2.24) is 19.9 Å². The van der Waals surface area contributed by atoms with Crippen LogP contribution in [0.15, 0.2) is 16.7 Å². The second-order valence-corrected chi connectivity index (χ2v) is 5.52. The molecule has 3 rings (SSSR count). The fourth-order valence-corrected chi connectivity index (χ4v) is 2.52. The Labute approximate surface area is 114 Å². The summed E-state index contributed by atoms with van der Waals surface area (Å²) < 4.78 is 6.40. The first-order chi connectivity index (χ1) is 8.72. The molecular formula is C12H15BrN4O. The first-order valence-electron chi connectivity index (χ1n) is 6.04. The van der Waals surface area contributed by atoms with Gasteiger partial charge in [0, 0.05) is 23.3 Å². The number of nitrogens with zero attached hydrogens (tertiary/aromatic N) is 3. The van der Waals surface area contributed by atoms with Crippen LogP contribution in [0.3, 0.4) is 0 Å².